The van der Waals surface area contributed by atoms with Crippen molar-refractivity contribution in [2.45, 2.75) is 6.54 Å². The fourth-order valence-corrected chi connectivity index (χ4v) is 4.83. The molecule has 170 valence electrons. The van der Waals surface area contributed by atoms with Gasteiger partial charge in [-0.15, -0.1) is 11.3 Å². The summed E-state index contributed by atoms with van der Waals surface area (Å²) in [5.41, 5.74) is 1.95. The number of hydrogen-bond acceptors (Lipinski definition) is 6. The van der Waals surface area contributed by atoms with Gasteiger partial charge in [0.15, 0.2) is 11.5 Å². The van der Waals surface area contributed by atoms with Gasteiger partial charge >= 0.3 is 0 Å². The zero-order valence-corrected chi connectivity index (χ0v) is 19.4. The SMILES string of the molecule is COc1ccc(-c2csc3ncn(CC(=O)Nc4ccc5ccccc5c4)c(=O)c23)cc1OC. The molecule has 3 aromatic carbocycles. The molecule has 34 heavy (non-hydrogen) atoms. The van der Waals surface area contributed by atoms with Crippen LogP contribution in [0, 0.1) is 0 Å². The predicted octanol–water partition coefficient (Wildman–Crippen LogP) is 4.93. The average molecular weight is 472 g/mol. The molecule has 0 bridgehead atoms. The Morgan fingerprint density at radius 3 is 2.59 bits per heavy atom. The first-order valence-corrected chi connectivity index (χ1v) is 11.4. The van der Waals surface area contributed by atoms with Gasteiger partial charge in [-0.25, -0.2) is 4.98 Å². The van der Waals surface area contributed by atoms with Crippen LogP contribution >= 0.6 is 11.3 Å². The number of aromatic nitrogens is 2. The number of nitrogens with zero attached hydrogens (tertiary/aromatic N) is 2. The van der Waals surface area contributed by atoms with Crippen molar-refractivity contribution in [1.82, 2.24) is 9.55 Å². The number of carbonyl (C=O) groups is 1. The molecular weight excluding hydrogens is 450 g/mol. The molecular formula is C26H21N3O4S. The van der Waals surface area contributed by atoms with Gasteiger partial charge in [0.25, 0.3) is 5.56 Å². The van der Waals surface area contributed by atoms with Crippen molar-refractivity contribution in [3.8, 4) is 22.6 Å². The Kier molecular flexibility index (Phi) is 5.73. The highest BCUT2D eigenvalue weighted by Gasteiger charge is 2.16. The second-order valence-electron chi connectivity index (χ2n) is 7.69. The summed E-state index contributed by atoms with van der Waals surface area (Å²) in [6, 6.07) is 19.1. The van der Waals surface area contributed by atoms with Crippen LogP contribution in [0.25, 0.3) is 32.1 Å². The number of anilines is 1. The van der Waals surface area contributed by atoms with Crippen molar-refractivity contribution < 1.29 is 14.3 Å². The average Bonchev–Trinajstić information content (AvgIpc) is 3.30. The summed E-state index contributed by atoms with van der Waals surface area (Å²) in [5.74, 6) is 0.867. The first kappa shape index (κ1) is 21.7. The number of carbonyl (C=O) groups excluding carboxylic acids is 1. The summed E-state index contributed by atoms with van der Waals surface area (Å²) in [5, 5.41) is 7.35. The molecule has 0 saturated heterocycles. The van der Waals surface area contributed by atoms with E-state index in [4.69, 9.17) is 9.47 Å². The first-order valence-electron chi connectivity index (χ1n) is 10.5. The maximum atomic E-state index is 13.3. The van der Waals surface area contributed by atoms with Crippen LogP contribution in [-0.4, -0.2) is 29.7 Å². The van der Waals surface area contributed by atoms with Crippen molar-refractivity contribution in [3.05, 3.63) is 82.7 Å². The van der Waals surface area contributed by atoms with Crippen molar-refractivity contribution in [3.63, 3.8) is 0 Å². The Labute approximate surface area is 199 Å². The van der Waals surface area contributed by atoms with Gasteiger partial charge in [-0.05, 0) is 40.6 Å². The largest absolute Gasteiger partial charge is 0.493 e. The van der Waals surface area contributed by atoms with Crippen LogP contribution in [-0.2, 0) is 11.3 Å². The van der Waals surface area contributed by atoms with Crippen LogP contribution in [0.15, 0.2) is 77.2 Å². The third-order valence-corrected chi connectivity index (χ3v) is 6.49. The highest BCUT2D eigenvalue weighted by atomic mass is 32.1. The lowest BCUT2D eigenvalue weighted by molar-refractivity contribution is -0.116. The molecule has 0 aliphatic carbocycles. The first-order chi connectivity index (χ1) is 16.6. The fourth-order valence-electron chi connectivity index (χ4n) is 3.92. The minimum atomic E-state index is -0.304. The molecule has 1 amide bonds. The molecule has 0 unspecified atom stereocenters. The number of rotatable bonds is 6. The lowest BCUT2D eigenvalue weighted by atomic mass is 10.1. The van der Waals surface area contributed by atoms with Crippen molar-refractivity contribution in [2.24, 2.45) is 0 Å². The standard InChI is InChI=1S/C26H21N3O4S/c1-32-21-10-8-18(12-22(21)33-2)20-14-34-25-24(20)26(31)29(15-27-25)13-23(30)28-19-9-7-16-5-3-4-6-17(16)11-19/h3-12,14-15H,13H2,1-2H3,(H,28,30). The maximum Gasteiger partial charge on any atom is 0.263 e. The molecule has 2 heterocycles. The molecule has 0 atom stereocenters. The molecule has 5 rings (SSSR count). The quantitative estimate of drug-likeness (QED) is 0.380. The second kappa shape index (κ2) is 8.99. The monoisotopic (exact) mass is 471 g/mol. The van der Waals surface area contributed by atoms with Gasteiger partial charge in [-0.3, -0.25) is 14.2 Å². The molecule has 7 nitrogen and oxygen atoms in total. The molecule has 5 aromatic rings. The van der Waals surface area contributed by atoms with Crippen molar-refractivity contribution in [1.29, 1.82) is 0 Å². The number of thiophene rings is 1. The van der Waals surface area contributed by atoms with E-state index < -0.39 is 0 Å². The normalized spacial score (nSPS) is 11.0. The third-order valence-electron chi connectivity index (χ3n) is 5.60. The summed E-state index contributed by atoms with van der Waals surface area (Å²) < 4.78 is 12.0. The maximum absolute atomic E-state index is 13.3. The Hall–Kier alpha value is -4.17. The minimum absolute atomic E-state index is 0.143. The number of ether oxygens (including phenoxy) is 2. The minimum Gasteiger partial charge on any atom is -0.493 e. The number of hydrogen-bond donors (Lipinski definition) is 1. The van der Waals surface area contributed by atoms with E-state index in [2.05, 4.69) is 10.3 Å². The lowest BCUT2D eigenvalue weighted by Gasteiger charge is -2.10. The van der Waals surface area contributed by atoms with Crippen molar-refractivity contribution in [2.75, 3.05) is 19.5 Å². The molecule has 0 fully saturated rings. The Morgan fingerprint density at radius 1 is 1.00 bits per heavy atom. The fraction of sp³-hybridized carbons (Fsp3) is 0.115. The van der Waals surface area contributed by atoms with E-state index in [1.165, 1.54) is 22.2 Å². The van der Waals surface area contributed by atoms with E-state index >= 15 is 0 Å². The molecule has 0 saturated carbocycles. The summed E-state index contributed by atoms with van der Waals surface area (Å²) in [7, 11) is 3.14. The van der Waals surface area contributed by atoms with Crippen LogP contribution in [0.4, 0.5) is 5.69 Å². The number of amides is 1. The van der Waals surface area contributed by atoms with E-state index in [1.807, 2.05) is 60.0 Å². The number of methoxy groups -OCH3 is 2. The van der Waals surface area contributed by atoms with Crippen LogP contribution < -0.4 is 20.3 Å². The molecule has 0 aliphatic heterocycles. The van der Waals surface area contributed by atoms with E-state index in [-0.39, 0.29) is 18.0 Å². The van der Waals surface area contributed by atoms with Gasteiger partial charge in [0, 0.05) is 16.6 Å². The summed E-state index contributed by atoms with van der Waals surface area (Å²) in [4.78, 5) is 31.1. The molecule has 8 heteroatoms. The smallest absolute Gasteiger partial charge is 0.263 e. The summed E-state index contributed by atoms with van der Waals surface area (Å²) in [6.07, 6.45) is 1.42. The zero-order valence-electron chi connectivity index (χ0n) is 18.6. The topological polar surface area (TPSA) is 82.5 Å². The van der Waals surface area contributed by atoms with E-state index in [9.17, 15) is 9.59 Å². The third kappa shape index (κ3) is 3.99. The summed E-state index contributed by atoms with van der Waals surface area (Å²) >= 11 is 1.38. The molecule has 0 radical (unpaired) electrons. The molecule has 0 aliphatic rings. The van der Waals surface area contributed by atoms with Gasteiger partial charge in [-0.1, -0.05) is 36.4 Å². The van der Waals surface area contributed by atoms with Crippen LogP contribution in [0.5, 0.6) is 11.5 Å². The van der Waals surface area contributed by atoms with Gasteiger partial charge in [0.1, 0.15) is 11.4 Å². The van der Waals surface area contributed by atoms with E-state index in [1.54, 1.807) is 20.3 Å². The highest BCUT2D eigenvalue weighted by molar-refractivity contribution is 7.17. The van der Waals surface area contributed by atoms with Crippen LogP contribution in [0.2, 0.25) is 0 Å². The van der Waals surface area contributed by atoms with E-state index in [0.717, 1.165) is 21.9 Å². The van der Waals surface area contributed by atoms with Gasteiger partial charge < -0.3 is 14.8 Å². The van der Waals surface area contributed by atoms with Crippen LogP contribution in [0.1, 0.15) is 0 Å². The summed E-state index contributed by atoms with van der Waals surface area (Å²) in [6.45, 7) is -0.143. The zero-order chi connectivity index (χ0) is 23.7. The van der Waals surface area contributed by atoms with Gasteiger partial charge in [-0.2, -0.15) is 0 Å². The predicted molar refractivity (Wildman–Crippen MR) is 135 cm³/mol. The number of benzene rings is 3. The van der Waals surface area contributed by atoms with Gasteiger partial charge in [0.05, 0.1) is 25.9 Å². The Bertz CT molecular complexity index is 1590. The Balaban J connectivity index is 1.45. The second-order valence-corrected chi connectivity index (χ2v) is 8.55. The molecule has 1 N–H and O–H groups in total. The highest BCUT2D eigenvalue weighted by Crippen LogP contribution is 2.36. The molecule has 0 spiro atoms. The lowest BCUT2D eigenvalue weighted by Crippen LogP contribution is -2.27. The van der Waals surface area contributed by atoms with Crippen molar-refractivity contribution >= 4 is 43.9 Å². The van der Waals surface area contributed by atoms with Gasteiger partial charge in [0.2, 0.25) is 5.91 Å². The number of nitrogens with one attached hydrogen (secondary N) is 1. The molecule has 2 aromatic heterocycles. The van der Waals surface area contributed by atoms with Crippen LogP contribution in [0.3, 0.4) is 0 Å². The Morgan fingerprint density at radius 2 is 1.79 bits per heavy atom. The number of fused-ring (bicyclic) bond motifs is 2. The van der Waals surface area contributed by atoms with E-state index in [0.29, 0.717) is 27.4 Å².